The molecule has 1 nitrogen and oxygen atoms in total. The number of hydrogen-bond donors (Lipinski definition) is 0. The maximum absolute atomic E-state index is 2.51. The van der Waals surface area contributed by atoms with Gasteiger partial charge in [0.25, 0.3) is 0 Å². The molecule has 0 aliphatic heterocycles. The molecule has 0 spiro atoms. The van der Waals surface area contributed by atoms with Gasteiger partial charge in [0, 0.05) is 5.56 Å². The molecule has 1 aromatic rings. The second-order valence-corrected chi connectivity index (χ2v) is 9.66. The zero-order valence-corrected chi connectivity index (χ0v) is 21.4. The van der Waals surface area contributed by atoms with Gasteiger partial charge in [-0.1, -0.05) is 121 Å². The topological polar surface area (TPSA) is 0 Å². The first-order valence-electron chi connectivity index (χ1n) is 13.1. The van der Waals surface area contributed by atoms with Crippen LogP contribution in [0.5, 0.6) is 0 Å². The molecule has 0 fully saturated rings. The van der Waals surface area contributed by atoms with Crippen molar-refractivity contribution in [2.24, 2.45) is 0 Å². The molecular formula is C28H52ClN. The van der Waals surface area contributed by atoms with Crippen molar-refractivity contribution in [3.05, 3.63) is 35.9 Å². The van der Waals surface area contributed by atoms with Crippen LogP contribution >= 0.6 is 0 Å². The Hall–Kier alpha value is -0.530. The van der Waals surface area contributed by atoms with E-state index < -0.39 is 0 Å². The summed E-state index contributed by atoms with van der Waals surface area (Å²) in [6.07, 6.45) is 22.7. The maximum Gasteiger partial charge on any atom is 0.104 e. The van der Waals surface area contributed by atoms with Crippen molar-refractivity contribution >= 4 is 0 Å². The first-order valence-corrected chi connectivity index (χ1v) is 13.1. The molecule has 2 heteroatoms. The van der Waals surface area contributed by atoms with Gasteiger partial charge in [-0.15, -0.1) is 0 Å². The van der Waals surface area contributed by atoms with Gasteiger partial charge < -0.3 is 16.9 Å². The fraction of sp³-hybridized carbons (Fsp3) is 0.786. The van der Waals surface area contributed by atoms with Crippen molar-refractivity contribution in [1.82, 2.24) is 0 Å². The van der Waals surface area contributed by atoms with E-state index in [0.717, 1.165) is 0 Å². The van der Waals surface area contributed by atoms with Crippen LogP contribution < -0.4 is 12.4 Å². The number of nitrogens with zero attached hydrogens (tertiary/aromatic N) is 1. The average Bonchev–Trinajstić information content (AvgIpc) is 2.73. The van der Waals surface area contributed by atoms with E-state index in [9.17, 15) is 0 Å². The van der Waals surface area contributed by atoms with Crippen molar-refractivity contribution in [2.75, 3.05) is 20.1 Å². The molecule has 0 aromatic heterocycles. The van der Waals surface area contributed by atoms with Crippen LogP contribution in [0.3, 0.4) is 0 Å². The van der Waals surface area contributed by atoms with E-state index in [1.54, 1.807) is 0 Å². The predicted octanol–water partition coefficient (Wildman–Crippen LogP) is 5.92. The maximum atomic E-state index is 2.51. The third kappa shape index (κ3) is 16.2. The largest absolute Gasteiger partial charge is 1.00 e. The summed E-state index contributed by atoms with van der Waals surface area (Å²) < 4.78 is 1.23. The fourth-order valence-electron chi connectivity index (χ4n) is 4.55. The Labute approximate surface area is 196 Å². The molecule has 0 N–H and O–H groups in total. The van der Waals surface area contributed by atoms with Crippen LogP contribution in [0, 0.1) is 0 Å². The minimum Gasteiger partial charge on any atom is -1.00 e. The van der Waals surface area contributed by atoms with E-state index in [-0.39, 0.29) is 12.4 Å². The van der Waals surface area contributed by atoms with Gasteiger partial charge in [-0.25, -0.2) is 0 Å². The Morgan fingerprint density at radius 3 is 1.30 bits per heavy atom. The number of halogens is 1. The van der Waals surface area contributed by atoms with Crippen molar-refractivity contribution in [1.29, 1.82) is 0 Å². The summed E-state index contributed by atoms with van der Waals surface area (Å²) in [6.45, 7) is 8.50. The van der Waals surface area contributed by atoms with Crippen molar-refractivity contribution in [2.45, 2.75) is 123 Å². The second kappa shape index (κ2) is 20.4. The van der Waals surface area contributed by atoms with E-state index in [0.29, 0.717) is 0 Å². The van der Waals surface area contributed by atoms with Crippen LogP contribution in [-0.4, -0.2) is 24.6 Å². The molecule has 176 valence electrons. The molecule has 0 aliphatic rings. The molecule has 30 heavy (non-hydrogen) atoms. The van der Waals surface area contributed by atoms with Crippen LogP contribution in [0.4, 0.5) is 0 Å². The van der Waals surface area contributed by atoms with E-state index in [1.165, 1.54) is 132 Å². The van der Waals surface area contributed by atoms with Gasteiger partial charge in [0.1, 0.15) is 6.54 Å². The lowest BCUT2D eigenvalue weighted by molar-refractivity contribution is -0.923. The highest BCUT2D eigenvalue weighted by molar-refractivity contribution is 5.13. The molecular weight excluding hydrogens is 386 g/mol. The van der Waals surface area contributed by atoms with Crippen LogP contribution in [0.25, 0.3) is 0 Å². The van der Waals surface area contributed by atoms with Crippen molar-refractivity contribution in [3.8, 4) is 0 Å². The van der Waals surface area contributed by atoms with Crippen LogP contribution in [0.2, 0.25) is 0 Å². The number of unbranched alkanes of at least 4 members (excludes halogenated alkanes) is 14. The number of quaternary nitrogens is 1. The minimum atomic E-state index is 0. The Kier molecular flexibility index (Phi) is 20.0. The molecule has 0 saturated carbocycles. The molecule has 1 atom stereocenters. The molecule has 1 rings (SSSR count). The molecule has 0 saturated heterocycles. The highest BCUT2D eigenvalue weighted by Crippen LogP contribution is 2.18. The van der Waals surface area contributed by atoms with E-state index >= 15 is 0 Å². The number of hydrogen-bond acceptors (Lipinski definition) is 0. The predicted molar refractivity (Wildman–Crippen MR) is 131 cm³/mol. The Bertz CT molecular complexity index is 461. The standard InChI is InChI=1S/C28H52N.ClH/c1-4-6-8-10-12-13-14-15-17-22-26-29(3,25-21-16-11-9-7-5-2)27-28-23-19-18-20-24-28;/h18-20,23-24H,4-17,21-22,25-27H2,1-3H3;1H/q+1;/p-1. The summed E-state index contributed by atoms with van der Waals surface area (Å²) in [4.78, 5) is 0. The quantitative estimate of drug-likeness (QED) is 0.175. The van der Waals surface area contributed by atoms with Gasteiger partial charge >= 0.3 is 0 Å². The molecule has 1 unspecified atom stereocenters. The molecule has 0 bridgehead atoms. The normalized spacial score (nSPS) is 13.0. The lowest BCUT2D eigenvalue weighted by atomic mass is 10.1. The highest BCUT2D eigenvalue weighted by Gasteiger charge is 2.21. The third-order valence-electron chi connectivity index (χ3n) is 6.51. The average molecular weight is 438 g/mol. The summed E-state index contributed by atoms with van der Waals surface area (Å²) in [5, 5.41) is 0. The number of benzene rings is 1. The lowest BCUT2D eigenvalue weighted by Gasteiger charge is -2.35. The monoisotopic (exact) mass is 437 g/mol. The zero-order chi connectivity index (χ0) is 21.0. The zero-order valence-electron chi connectivity index (χ0n) is 20.6. The smallest absolute Gasteiger partial charge is 0.104 e. The summed E-state index contributed by atoms with van der Waals surface area (Å²) in [7, 11) is 2.51. The van der Waals surface area contributed by atoms with Gasteiger partial charge in [0.05, 0.1) is 20.1 Å². The van der Waals surface area contributed by atoms with Gasteiger partial charge in [0.2, 0.25) is 0 Å². The van der Waals surface area contributed by atoms with Gasteiger partial charge in [-0.3, -0.25) is 0 Å². The third-order valence-corrected chi connectivity index (χ3v) is 6.51. The Balaban J connectivity index is 0.00000841. The molecule has 0 amide bonds. The van der Waals surface area contributed by atoms with Gasteiger partial charge in [-0.05, 0) is 25.7 Å². The first-order chi connectivity index (χ1) is 14.2. The second-order valence-electron chi connectivity index (χ2n) is 9.66. The summed E-state index contributed by atoms with van der Waals surface area (Å²) in [5.74, 6) is 0. The van der Waals surface area contributed by atoms with E-state index in [2.05, 4.69) is 51.2 Å². The van der Waals surface area contributed by atoms with Crippen molar-refractivity contribution < 1.29 is 16.9 Å². The molecule has 0 radical (unpaired) electrons. The van der Waals surface area contributed by atoms with Gasteiger partial charge in [0.15, 0.2) is 0 Å². The minimum absolute atomic E-state index is 0. The lowest BCUT2D eigenvalue weighted by Crippen LogP contribution is -3.00. The summed E-state index contributed by atoms with van der Waals surface area (Å²) >= 11 is 0. The van der Waals surface area contributed by atoms with E-state index in [1.807, 2.05) is 0 Å². The van der Waals surface area contributed by atoms with Crippen LogP contribution in [0.1, 0.15) is 122 Å². The fourth-order valence-corrected chi connectivity index (χ4v) is 4.55. The van der Waals surface area contributed by atoms with E-state index in [4.69, 9.17) is 0 Å². The molecule has 0 aliphatic carbocycles. The Morgan fingerprint density at radius 1 is 0.533 bits per heavy atom. The Morgan fingerprint density at radius 2 is 0.900 bits per heavy atom. The molecule has 1 aromatic carbocycles. The number of rotatable bonds is 20. The van der Waals surface area contributed by atoms with Crippen LogP contribution in [-0.2, 0) is 6.54 Å². The van der Waals surface area contributed by atoms with Crippen LogP contribution in [0.15, 0.2) is 30.3 Å². The highest BCUT2D eigenvalue weighted by atomic mass is 35.5. The first kappa shape index (κ1) is 29.5. The molecule has 0 heterocycles. The summed E-state index contributed by atoms with van der Waals surface area (Å²) in [5.41, 5.74) is 1.51. The van der Waals surface area contributed by atoms with Gasteiger partial charge in [-0.2, -0.15) is 0 Å². The summed E-state index contributed by atoms with van der Waals surface area (Å²) in [6, 6.07) is 11.2. The van der Waals surface area contributed by atoms with Crippen molar-refractivity contribution in [3.63, 3.8) is 0 Å². The SMILES string of the molecule is CCCCCCCCCCCC[N+](C)(CCCCCCCC)Cc1ccccc1.[Cl-].